The summed E-state index contributed by atoms with van der Waals surface area (Å²) >= 11 is 0. The molecule has 80 valence electrons. The Bertz CT molecular complexity index is 434. The lowest BCUT2D eigenvalue weighted by molar-refractivity contribution is 0.0682. The average Bonchev–Trinajstić information content (AvgIpc) is 2.84. The Morgan fingerprint density at radius 2 is 2.20 bits per heavy atom. The number of fused-ring (bicyclic) bond motifs is 1. The first-order valence-electron chi connectivity index (χ1n) is 5.19. The van der Waals surface area contributed by atoms with Crippen molar-refractivity contribution in [2.75, 3.05) is 0 Å². The van der Waals surface area contributed by atoms with Crippen LogP contribution in [-0.2, 0) is 20.1 Å². The molecule has 5 heteroatoms. The van der Waals surface area contributed by atoms with E-state index in [0.29, 0.717) is 11.7 Å². The lowest BCUT2D eigenvalue weighted by Gasteiger charge is -2.13. The third kappa shape index (κ3) is 1.26. The zero-order valence-electron chi connectivity index (χ0n) is 8.60. The van der Waals surface area contributed by atoms with Crippen LogP contribution in [0.1, 0.15) is 34.6 Å². The van der Waals surface area contributed by atoms with Crippen LogP contribution in [0.15, 0.2) is 0 Å². The van der Waals surface area contributed by atoms with Gasteiger partial charge in [0.15, 0.2) is 5.69 Å². The molecule has 3 rings (SSSR count). The summed E-state index contributed by atoms with van der Waals surface area (Å²) in [5, 5.41) is 13.3. The Labute approximate surface area is 87.3 Å². The van der Waals surface area contributed by atoms with E-state index in [-0.39, 0.29) is 0 Å². The molecule has 0 aromatic carbocycles. The maximum Gasteiger partial charge on any atom is 0.354 e. The second-order valence-corrected chi connectivity index (χ2v) is 4.34. The first kappa shape index (κ1) is 8.91. The molecule has 2 aliphatic rings. The van der Waals surface area contributed by atoms with E-state index in [1.165, 1.54) is 17.5 Å². The van der Waals surface area contributed by atoms with E-state index in [2.05, 4.69) is 10.00 Å². The molecule has 1 aromatic heterocycles. The molecule has 1 aliphatic heterocycles. The molecule has 1 N–H and O–H groups in total. The first-order chi connectivity index (χ1) is 7.16. The Hall–Kier alpha value is -1.36. The third-order valence-corrected chi connectivity index (χ3v) is 3.21. The predicted molar refractivity (Wildman–Crippen MR) is 52.4 cm³/mol. The molecule has 2 heterocycles. The molecule has 5 nitrogen and oxygen atoms in total. The molecular weight excluding hydrogens is 194 g/mol. The molecule has 0 radical (unpaired) electrons. The number of carbonyl (C=O) groups is 1. The Morgan fingerprint density at radius 1 is 1.47 bits per heavy atom. The van der Waals surface area contributed by atoms with Gasteiger partial charge in [-0.15, -0.1) is 0 Å². The maximum atomic E-state index is 11.1. The van der Waals surface area contributed by atoms with Gasteiger partial charge in [-0.05, 0) is 12.8 Å². The molecule has 0 amide bonds. The molecule has 1 fully saturated rings. The summed E-state index contributed by atoms with van der Waals surface area (Å²) in [6.07, 6.45) is 2.50. The number of carboxylic acid groups (broad SMARTS) is 1. The molecule has 1 aliphatic carbocycles. The standard InChI is InChI=1S/C10H13N3O2/c1-12-9(10(14)15)7-4-13(6-2-3-6)5-8(7)11-12/h6H,2-5H2,1H3,(H,14,15). The minimum absolute atomic E-state index is 0.355. The minimum Gasteiger partial charge on any atom is -0.477 e. The van der Waals surface area contributed by atoms with Crippen LogP contribution < -0.4 is 0 Å². The van der Waals surface area contributed by atoms with Crippen LogP contribution in [0.5, 0.6) is 0 Å². The van der Waals surface area contributed by atoms with Crippen LogP contribution in [-0.4, -0.2) is 31.8 Å². The van der Waals surface area contributed by atoms with Gasteiger partial charge in [-0.1, -0.05) is 0 Å². The number of hydrogen-bond acceptors (Lipinski definition) is 3. The number of aromatic nitrogens is 2. The number of rotatable bonds is 2. The topological polar surface area (TPSA) is 58.4 Å². The monoisotopic (exact) mass is 207 g/mol. The van der Waals surface area contributed by atoms with Crippen molar-refractivity contribution in [2.45, 2.75) is 32.0 Å². The zero-order chi connectivity index (χ0) is 10.6. The van der Waals surface area contributed by atoms with E-state index in [4.69, 9.17) is 5.11 Å². The maximum absolute atomic E-state index is 11.1. The van der Waals surface area contributed by atoms with Gasteiger partial charge in [0.05, 0.1) is 5.69 Å². The second-order valence-electron chi connectivity index (χ2n) is 4.34. The van der Waals surface area contributed by atoms with Gasteiger partial charge in [0.25, 0.3) is 0 Å². The van der Waals surface area contributed by atoms with Gasteiger partial charge in [-0.25, -0.2) is 4.79 Å². The summed E-state index contributed by atoms with van der Waals surface area (Å²) in [7, 11) is 1.70. The fourth-order valence-electron chi connectivity index (χ4n) is 2.33. The van der Waals surface area contributed by atoms with E-state index in [9.17, 15) is 4.79 Å². The van der Waals surface area contributed by atoms with Crippen molar-refractivity contribution in [3.8, 4) is 0 Å². The van der Waals surface area contributed by atoms with Crippen LogP contribution in [0, 0.1) is 0 Å². The fourth-order valence-corrected chi connectivity index (χ4v) is 2.33. The summed E-state index contributed by atoms with van der Waals surface area (Å²) in [5.74, 6) is -0.871. The molecule has 0 atom stereocenters. The van der Waals surface area contributed by atoms with Gasteiger partial charge in [-0.2, -0.15) is 5.10 Å². The van der Waals surface area contributed by atoms with Crippen LogP contribution in [0.3, 0.4) is 0 Å². The lowest BCUT2D eigenvalue weighted by Crippen LogP contribution is -2.20. The van der Waals surface area contributed by atoms with Crippen molar-refractivity contribution in [1.82, 2.24) is 14.7 Å². The SMILES string of the molecule is Cn1nc2c(c1C(=O)O)CN(C1CC1)C2. The highest BCUT2D eigenvalue weighted by atomic mass is 16.4. The van der Waals surface area contributed by atoms with Crippen molar-refractivity contribution < 1.29 is 9.90 Å². The normalized spacial score (nSPS) is 20.6. The summed E-state index contributed by atoms with van der Waals surface area (Å²) < 4.78 is 1.48. The molecule has 0 unspecified atom stereocenters. The number of aromatic carboxylic acids is 1. The largest absolute Gasteiger partial charge is 0.477 e. The number of nitrogens with zero attached hydrogens (tertiary/aromatic N) is 3. The molecule has 0 bridgehead atoms. The Balaban J connectivity index is 1.96. The van der Waals surface area contributed by atoms with Crippen molar-refractivity contribution in [3.05, 3.63) is 17.0 Å². The summed E-state index contributed by atoms with van der Waals surface area (Å²) in [6, 6.07) is 0.672. The zero-order valence-corrected chi connectivity index (χ0v) is 8.60. The highest BCUT2D eigenvalue weighted by Crippen LogP contribution is 2.35. The first-order valence-corrected chi connectivity index (χ1v) is 5.19. The molecular formula is C10H13N3O2. The lowest BCUT2D eigenvalue weighted by atomic mass is 10.2. The summed E-state index contributed by atoms with van der Waals surface area (Å²) in [5.41, 5.74) is 2.21. The molecule has 1 saturated carbocycles. The predicted octanol–water partition coefficient (Wildman–Crippen LogP) is 0.596. The molecule has 1 aromatic rings. The van der Waals surface area contributed by atoms with Crippen LogP contribution in [0.4, 0.5) is 0 Å². The summed E-state index contributed by atoms with van der Waals surface area (Å²) in [6.45, 7) is 1.58. The van der Waals surface area contributed by atoms with Gasteiger partial charge in [0.2, 0.25) is 0 Å². The molecule has 0 spiro atoms. The van der Waals surface area contributed by atoms with E-state index in [0.717, 1.165) is 24.3 Å². The van der Waals surface area contributed by atoms with Crippen molar-refractivity contribution in [3.63, 3.8) is 0 Å². The van der Waals surface area contributed by atoms with E-state index in [1.54, 1.807) is 7.05 Å². The summed E-state index contributed by atoms with van der Waals surface area (Å²) in [4.78, 5) is 13.4. The van der Waals surface area contributed by atoms with Crippen molar-refractivity contribution in [2.24, 2.45) is 7.05 Å². The highest BCUT2D eigenvalue weighted by molar-refractivity contribution is 5.87. The van der Waals surface area contributed by atoms with Gasteiger partial charge >= 0.3 is 5.97 Å². The van der Waals surface area contributed by atoms with Gasteiger partial charge in [0, 0.05) is 31.7 Å². The number of hydrogen-bond donors (Lipinski definition) is 1. The fraction of sp³-hybridized carbons (Fsp3) is 0.600. The molecule has 15 heavy (non-hydrogen) atoms. The second kappa shape index (κ2) is 2.82. The minimum atomic E-state index is -0.871. The quantitative estimate of drug-likeness (QED) is 0.771. The van der Waals surface area contributed by atoms with E-state index in [1.807, 2.05) is 0 Å². The van der Waals surface area contributed by atoms with Crippen LogP contribution >= 0.6 is 0 Å². The van der Waals surface area contributed by atoms with Gasteiger partial charge in [0.1, 0.15) is 0 Å². The van der Waals surface area contributed by atoms with E-state index >= 15 is 0 Å². The third-order valence-electron chi connectivity index (χ3n) is 3.21. The molecule has 0 saturated heterocycles. The smallest absolute Gasteiger partial charge is 0.354 e. The van der Waals surface area contributed by atoms with Gasteiger partial charge < -0.3 is 5.11 Å². The van der Waals surface area contributed by atoms with Crippen molar-refractivity contribution >= 4 is 5.97 Å². The number of aryl methyl sites for hydroxylation is 1. The van der Waals surface area contributed by atoms with Gasteiger partial charge in [-0.3, -0.25) is 9.58 Å². The van der Waals surface area contributed by atoms with Crippen molar-refractivity contribution in [1.29, 1.82) is 0 Å². The Kier molecular flexibility index (Phi) is 1.68. The van der Waals surface area contributed by atoms with E-state index < -0.39 is 5.97 Å². The Morgan fingerprint density at radius 3 is 2.80 bits per heavy atom. The number of carboxylic acids is 1. The highest BCUT2D eigenvalue weighted by Gasteiger charge is 2.37. The van der Waals surface area contributed by atoms with Crippen LogP contribution in [0.25, 0.3) is 0 Å². The van der Waals surface area contributed by atoms with Crippen LogP contribution in [0.2, 0.25) is 0 Å². The average molecular weight is 207 g/mol.